The number of aromatic nitrogens is 1. The van der Waals surface area contributed by atoms with E-state index in [0.717, 1.165) is 22.2 Å². The van der Waals surface area contributed by atoms with Gasteiger partial charge in [-0.3, -0.25) is 9.78 Å². The minimum atomic E-state index is -0.0886. The molecule has 1 N–H and O–H groups in total. The standard InChI is InChI=1S/C26H24N2O3/c29-25-12-4-3-11-24(25)28(19-22-10-5-6-16-27-22)26(30)13-7-17-31-23-15-14-20-8-1-2-9-21(20)18-23/h1-6,8-12,14-16,18,29H,7,13,17,19H2. The molecule has 0 saturated heterocycles. The summed E-state index contributed by atoms with van der Waals surface area (Å²) in [5.74, 6) is 0.769. The lowest BCUT2D eigenvalue weighted by Crippen LogP contribution is -2.31. The fraction of sp³-hybridized carbons (Fsp3) is 0.154. The average molecular weight is 412 g/mol. The fourth-order valence-corrected chi connectivity index (χ4v) is 3.46. The van der Waals surface area contributed by atoms with Crippen molar-refractivity contribution >= 4 is 22.4 Å². The minimum absolute atomic E-state index is 0.0687. The van der Waals surface area contributed by atoms with E-state index >= 15 is 0 Å². The third kappa shape index (κ3) is 5.20. The van der Waals surface area contributed by atoms with E-state index in [2.05, 4.69) is 11.1 Å². The molecule has 1 heterocycles. The minimum Gasteiger partial charge on any atom is -0.506 e. The van der Waals surface area contributed by atoms with E-state index in [-0.39, 0.29) is 11.7 Å². The van der Waals surface area contributed by atoms with Crippen molar-refractivity contribution in [3.8, 4) is 11.5 Å². The van der Waals surface area contributed by atoms with Crippen LogP contribution < -0.4 is 9.64 Å². The van der Waals surface area contributed by atoms with Gasteiger partial charge in [0.05, 0.1) is 24.5 Å². The molecular formula is C26H24N2O3. The zero-order valence-electron chi connectivity index (χ0n) is 17.1. The quantitative estimate of drug-likeness (QED) is 0.397. The summed E-state index contributed by atoms with van der Waals surface area (Å²) >= 11 is 0. The van der Waals surface area contributed by atoms with Crippen molar-refractivity contribution < 1.29 is 14.6 Å². The van der Waals surface area contributed by atoms with E-state index < -0.39 is 0 Å². The maximum Gasteiger partial charge on any atom is 0.227 e. The van der Waals surface area contributed by atoms with Gasteiger partial charge in [0.15, 0.2) is 0 Å². The number of ether oxygens (including phenoxy) is 1. The summed E-state index contributed by atoms with van der Waals surface area (Å²) in [4.78, 5) is 18.9. The second-order valence-electron chi connectivity index (χ2n) is 7.25. The SMILES string of the molecule is O=C(CCCOc1ccc2ccccc2c1)N(Cc1ccccn1)c1ccccc1O. The summed E-state index contributed by atoms with van der Waals surface area (Å²) < 4.78 is 5.86. The molecule has 5 heteroatoms. The Morgan fingerprint density at radius 1 is 0.903 bits per heavy atom. The lowest BCUT2D eigenvalue weighted by molar-refractivity contribution is -0.119. The van der Waals surface area contributed by atoms with E-state index in [0.29, 0.717) is 31.7 Å². The van der Waals surface area contributed by atoms with Gasteiger partial charge in [-0.2, -0.15) is 0 Å². The molecule has 1 aromatic heterocycles. The van der Waals surface area contributed by atoms with Gasteiger partial charge in [0.1, 0.15) is 11.5 Å². The molecule has 0 fully saturated rings. The van der Waals surface area contributed by atoms with Crippen molar-refractivity contribution in [2.24, 2.45) is 0 Å². The smallest absolute Gasteiger partial charge is 0.227 e. The van der Waals surface area contributed by atoms with Crippen LogP contribution in [0.3, 0.4) is 0 Å². The maximum absolute atomic E-state index is 13.0. The first-order valence-electron chi connectivity index (χ1n) is 10.3. The number of hydrogen-bond donors (Lipinski definition) is 1. The number of pyridine rings is 1. The Labute approximate surface area is 181 Å². The molecule has 0 radical (unpaired) electrons. The number of phenolic OH excluding ortho intramolecular Hbond substituents is 1. The zero-order valence-corrected chi connectivity index (χ0v) is 17.1. The zero-order chi connectivity index (χ0) is 21.5. The second-order valence-corrected chi connectivity index (χ2v) is 7.25. The molecule has 0 spiro atoms. The topological polar surface area (TPSA) is 62.7 Å². The van der Waals surface area contributed by atoms with Crippen LogP contribution in [0.1, 0.15) is 18.5 Å². The van der Waals surface area contributed by atoms with E-state index in [4.69, 9.17) is 4.74 Å². The lowest BCUT2D eigenvalue weighted by atomic mass is 10.1. The second kappa shape index (κ2) is 9.76. The summed E-state index contributed by atoms with van der Waals surface area (Å²) in [6.45, 7) is 0.727. The summed E-state index contributed by atoms with van der Waals surface area (Å²) in [5, 5.41) is 12.6. The van der Waals surface area contributed by atoms with Crippen molar-refractivity contribution in [2.75, 3.05) is 11.5 Å². The molecule has 4 aromatic rings. The van der Waals surface area contributed by atoms with Crippen LogP contribution in [0.5, 0.6) is 11.5 Å². The molecule has 0 bridgehead atoms. The van der Waals surface area contributed by atoms with Crippen molar-refractivity contribution in [1.29, 1.82) is 0 Å². The highest BCUT2D eigenvalue weighted by Crippen LogP contribution is 2.28. The van der Waals surface area contributed by atoms with Crippen LogP contribution in [0, 0.1) is 0 Å². The van der Waals surface area contributed by atoms with Gasteiger partial charge in [-0.1, -0.05) is 48.5 Å². The Kier molecular flexibility index (Phi) is 6.43. The number of hydrogen-bond acceptors (Lipinski definition) is 4. The largest absolute Gasteiger partial charge is 0.506 e. The highest BCUT2D eigenvalue weighted by atomic mass is 16.5. The van der Waals surface area contributed by atoms with Crippen LogP contribution in [0.4, 0.5) is 5.69 Å². The van der Waals surface area contributed by atoms with E-state index in [1.807, 2.05) is 54.6 Å². The van der Waals surface area contributed by atoms with Crippen molar-refractivity contribution in [3.63, 3.8) is 0 Å². The molecule has 3 aromatic carbocycles. The number of carbonyl (C=O) groups excluding carboxylic acids is 1. The molecule has 0 saturated carbocycles. The third-order valence-corrected chi connectivity index (χ3v) is 5.04. The Hall–Kier alpha value is -3.86. The number of phenols is 1. The molecule has 4 rings (SSSR count). The van der Waals surface area contributed by atoms with Gasteiger partial charge in [-0.25, -0.2) is 0 Å². The molecule has 1 amide bonds. The first-order chi connectivity index (χ1) is 15.2. The predicted octanol–water partition coefficient (Wildman–Crippen LogP) is 5.33. The number of rotatable bonds is 8. The monoisotopic (exact) mass is 412 g/mol. The van der Waals surface area contributed by atoms with E-state index in [1.165, 1.54) is 0 Å². The predicted molar refractivity (Wildman–Crippen MR) is 122 cm³/mol. The van der Waals surface area contributed by atoms with Gasteiger partial charge in [0.2, 0.25) is 5.91 Å². The number of amides is 1. The molecule has 0 aliphatic carbocycles. The molecule has 5 nitrogen and oxygen atoms in total. The summed E-state index contributed by atoms with van der Waals surface area (Å²) in [6, 6.07) is 26.5. The highest BCUT2D eigenvalue weighted by Gasteiger charge is 2.19. The Bertz CT molecular complexity index is 1160. The molecule has 0 atom stereocenters. The van der Waals surface area contributed by atoms with Crippen LogP contribution in [-0.2, 0) is 11.3 Å². The average Bonchev–Trinajstić information content (AvgIpc) is 2.81. The van der Waals surface area contributed by atoms with Gasteiger partial charge in [-0.15, -0.1) is 0 Å². The van der Waals surface area contributed by atoms with E-state index in [1.54, 1.807) is 35.4 Å². The van der Waals surface area contributed by atoms with Crippen molar-refractivity contribution in [1.82, 2.24) is 4.98 Å². The number of para-hydroxylation sites is 2. The van der Waals surface area contributed by atoms with Crippen LogP contribution in [0.25, 0.3) is 10.8 Å². The molecule has 0 aliphatic heterocycles. The Morgan fingerprint density at radius 3 is 2.48 bits per heavy atom. The fourth-order valence-electron chi connectivity index (χ4n) is 3.46. The normalized spacial score (nSPS) is 10.7. The first kappa shape index (κ1) is 20.4. The molecule has 31 heavy (non-hydrogen) atoms. The van der Waals surface area contributed by atoms with Gasteiger partial charge in [0, 0.05) is 12.6 Å². The number of carbonyl (C=O) groups is 1. The number of nitrogens with zero attached hydrogens (tertiary/aromatic N) is 2. The number of anilines is 1. The van der Waals surface area contributed by atoms with E-state index in [9.17, 15) is 9.90 Å². The van der Waals surface area contributed by atoms with Crippen LogP contribution in [-0.4, -0.2) is 22.6 Å². The summed E-state index contributed by atoms with van der Waals surface area (Å²) in [5.41, 5.74) is 1.24. The van der Waals surface area contributed by atoms with Gasteiger partial charge in [0.25, 0.3) is 0 Å². The summed E-state index contributed by atoms with van der Waals surface area (Å²) in [6.07, 6.45) is 2.56. The first-order valence-corrected chi connectivity index (χ1v) is 10.3. The molecule has 0 unspecified atom stereocenters. The number of benzene rings is 3. The molecular weight excluding hydrogens is 388 g/mol. The summed E-state index contributed by atoms with van der Waals surface area (Å²) in [7, 11) is 0. The van der Waals surface area contributed by atoms with Gasteiger partial charge >= 0.3 is 0 Å². The number of fused-ring (bicyclic) bond motifs is 1. The molecule has 0 aliphatic rings. The number of aromatic hydroxyl groups is 1. The maximum atomic E-state index is 13.0. The van der Waals surface area contributed by atoms with Gasteiger partial charge < -0.3 is 14.7 Å². The Morgan fingerprint density at radius 2 is 1.68 bits per heavy atom. The molecule has 156 valence electrons. The Balaban J connectivity index is 1.39. The van der Waals surface area contributed by atoms with Gasteiger partial charge in [-0.05, 0) is 53.6 Å². The van der Waals surface area contributed by atoms with Crippen LogP contribution in [0.2, 0.25) is 0 Å². The van der Waals surface area contributed by atoms with Crippen molar-refractivity contribution in [2.45, 2.75) is 19.4 Å². The third-order valence-electron chi connectivity index (χ3n) is 5.04. The highest BCUT2D eigenvalue weighted by molar-refractivity contribution is 5.94. The lowest BCUT2D eigenvalue weighted by Gasteiger charge is -2.23. The van der Waals surface area contributed by atoms with Crippen molar-refractivity contribution in [3.05, 3.63) is 96.8 Å². The van der Waals surface area contributed by atoms with Crippen LogP contribution in [0.15, 0.2) is 91.1 Å². The van der Waals surface area contributed by atoms with Crippen LogP contribution >= 0.6 is 0 Å².